The summed E-state index contributed by atoms with van der Waals surface area (Å²) in [6, 6.07) is 7.26. The maximum Gasteiger partial charge on any atom is 0.253 e. The fraction of sp³-hybridized carbons (Fsp3) is 0.686. The molecule has 14 heteroatoms. The number of aromatic amines is 1. The molecule has 0 unspecified atom stereocenters. The molecule has 0 aliphatic carbocycles. The van der Waals surface area contributed by atoms with Gasteiger partial charge in [0.25, 0.3) is 11.8 Å². The molecular formula is C51H77N5O9. The Morgan fingerprint density at radius 2 is 1.60 bits per heavy atom. The molecule has 0 saturated carbocycles. The molecule has 2 aromatic rings. The lowest BCUT2D eigenvalue weighted by atomic mass is 9.85. The topological polar surface area (TPSA) is 159 Å². The van der Waals surface area contributed by atoms with Crippen molar-refractivity contribution >= 4 is 46.2 Å². The van der Waals surface area contributed by atoms with E-state index in [0.717, 1.165) is 80.7 Å². The number of benzene rings is 1. The minimum Gasteiger partial charge on any atom is -0.379 e. The molecule has 2 saturated heterocycles. The first-order valence-corrected chi connectivity index (χ1v) is 24.4. The van der Waals surface area contributed by atoms with Crippen LogP contribution in [0, 0.1) is 29.6 Å². The molecule has 14 nitrogen and oxygen atoms in total. The zero-order chi connectivity index (χ0) is 47.2. The number of H-pyrrole nitrogens is 1. The van der Waals surface area contributed by atoms with E-state index in [0.29, 0.717) is 39.1 Å². The number of unbranched alkanes of at least 4 members (excludes halogenated alkanes) is 4. The van der Waals surface area contributed by atoms with Gasteiger partial charge in [-0.2, -0.15) is 0 Å². The molecule has 5 amide bonds. The van der Waals surface area contributed by atoms with Crippen molar-refractivity contribution in [2.24, 2.45) is 29.6 Å². The maximum atomic E-state index is 14.5. The monoisotopic (exact) mass is 904 g/mol. The maximum absolute atomic E-state index is 14.5. The molecule has 8 atom stereocenters. The van der Waals surface area contributed by atoms with Crippen LogP contribution < -0.4 is 0 Å². The molecule has 0 spiro atoms. The smallest absolute Gasteiger partial charge is 0.253 e. The highest BCUT2D eigenvalue weighted by atomic mass is 16.7. The average molecular weight is 904 g/mol. The lowest BCUT2D eigenvalue weighted by Gasteiger charge is -2.41. The zero-order valence-corrected chi connectivity index (χ0v) is 40.4. The number of hydroxylamine groups is 2. The minimum atomic E-state index is -0.633. The van der Waals surface area contributed by atoms with Gasteiger partial charge >= 0.3 is 0 Å². The number of imide groups is 1. The van der Waals surface area contributed by atoms with Crippen LogP contribution in [0.2, 0.25) is 0 Å². The number of nitrogens with zero attached hydrogens (tertiary/aromatic N) is 4. The molecule has 1 N–H and O–H groups in total. The standard InChI is InChI=1S/C51H77N5O9/c1-9-35(4)48(53(6)51(62)39(34(2)3)20-13-11-10-12-16-26-55-45(58)24-25-46(55)59)44(63-7)32-47(60)54-27-19-23-42(54)49(64-8)36(5)43(57)31-37(50(61)56-28-17-18-29-65-56)30-38-33-52-41-22-15-14-21-40(38)41/h14-15,21-22,24-25,33-37,39,42,44,48-49,52H,9-13,16-20,23,26-32H2,1-8H3/t35-,36-,37+,39-,42-,44+,48-,49+/m0/s1. The van der Waals surface area contributed by atoms with Crippen LogP contribution in [0.3, 0.4) is 0 Å². The van der Waals surface area contributed by atoms with Gasteiger partial charge in [0.1, 0.15) is 5.78 Å². The third-order valence-corrected chi connectivity index (χ3v) is 14.5. The number of carbonyl (C=O) groups is 6. The number of amides is 5. The summed E-state index contributed by atoms with van der Waals surface area (Å²) in [5.74, 6) is -2.07. The Morgan fingerprint density at radius 1 is 0.892 bits per heavy atom. The van der Waals surface area contributed by atoms with Crippen molar-refractivity contribution in [2.75, 3.05) is 47.5 Å². The summed E-state index contributed by atoms with van der Waals surface area (Å²) in [6.45, 7) is 12.1. The van der Waals surface area contributed by atoms with Crippen LogP contribution in [-0.2, 0) is 49.5 Å². The van der Waals surface area contributed by atoms with Gasteiger partial charge < -0.3 is 24.3 Å². The van der Waals surface area contributed by atoms with Gasteiger partial charge in [0.15, 0.2) is 0 Å². The van der Waals surface area contributed by atoms with Gasteiger partial charge in [-0.25, -0.2) is 5.06 Å². The lowest BCUT2D eigenvalue weighted by Crippen LogP contribution is -2.54. The number of carbonyl (C=O) groups excluding carboxylic acids is 6. The molecule has 3 aliphatic rings. The second-order valence-corrected chi connectivity index (χ2v) is 19.1. The van der Waals surface area contributed by atoms with Crippen molar-refractivity contribution in [3.8, 4) is 0 Å². The van der Waals surface area contributed by atoms with Crippen LogP contribution in [0.5, 0.6) is 0 Å². The van der Waals surface area contributed by atoms with E-state index < -0.39 is 24.0 Å². The number of rotatable bonds is 26. The normalized spacial score (nSPS) is 20.0. The average Bonchev–Trinajstić information content (AvgIpc) is 4.05. The Labute approximate surface area is 387 Å². The number of Topliss-reactive ketones (excluding diaryl/α,β-unsaturated/α-hetero) is 1. The molecule has 3 aliphatic heterocycles. The molecule has 65 heavy (non-hydrogen) atoms. The van der Waals surface area contributed by atoms with Crippen LogP contribution in [0.15, 0.2) is 42.6 Å². The van der Waals surface area contributed by atoms with Crippen LogP contribution in [0.4, 0.5) is 0 Å². The molecule has 0 radical (unpaired) electrons. The van der Waals surface area contributed by atoms with Crippen LogP contribution in [0.25, 0.3) is 10.9 Å². The third kappa shape index (κ3) is 13.2. The summed E-state index contributed by atoms with van der Waals surface area (Å²) in [7, 11) is 5.05. The van der Waals surface area contributed by atoms with Crippen molar-refractivity contribution in [3.05, 3.63) is 48.2 Å². The predicted octanol–water partition coefficient (Wildman–Crippen LogP) is 7.30. The molecule has 360 valence electrons. The van der Waals surface area contributed by atoms with E-state index >= 15 is 0 Å². The quantitative estimate of drug-likeness (QED) is 0.0756. The number of hydrogen-bond acceptors (Lipinski definition) is 9. The third-order valence-electron chi connectivity index (χ3n) is 14.5. The van der Waals surface area contributed by atoms with Gasteiger partial charge in [-0.1, -0.05) is 84.9 Å². The summed E-state index contributed by atoms with van der Waals surface area (Å²) in [4.78, 5) is 94.9. The van der Waals surface area contributed by atoms with E-state index in [2.05, 4.69) is 32.7 Å². The number of methoxy groups -OCH3 is 2. The number of aromatic nitrogens is 1. The number of likely N-dealkylation sites (N-methyl/N-ethyl adjacent to an activating group) is 1. The first-order valence-electron chi connectivity index (χ1n) is 24.4. The van der Waals surface area contributed by atoms with E-state index in [4.69, 9.17) is 14.3 Å². The number of likely N-dealkylation sites (tertiary alicyclic amines) is 1. The summed E-state index contributed by atoms with van der Waals surface area (Å²) in [5.41, 5.74) is 1.94. The second-order valence-electron chi connectivity index (χ2n) is 19.1. The van der Waals surface area contributed by atoms with Crippen molar-refractivity contribution in [2.45, 2.75) is 149 Å². The Kier molecular flexibility index (Phi) is 19.8. The lowest BCUT2D eigenvalue weighted by molar-refractivity contribution is -0.201. The van der Waals surface area contributed by atoms with Crippen LogP contribution >= 0.6 is 0 Å². The van der Waals surface area contributed by atoms with Gasteiger partial charge in [-0.15, -0.1) is 0 Å². The SMILES string of the molecule is CC[C@H](C)[C@@H]([C@@H](CC(=O)N1CCC[C@H]1[C@H](OC)[C@@H](C)C(=O)C[C@@H](Cc1c[nH]c2ccccc12)C(=O)N1CCCCO1)OC)N(C)C(=O)[C@@H](CCCCCCCN1C(=O)C=CC1=O)C(C)C. The van der Waals surface area contributed by atoms with E-state index in [1.807, 2.05) is 54.2 Å². The molecule has 5 rings (SSSR count). The summed E-state index contributed by atoms with van der Waals surface area (Å²) in [6.07, 6.45) is 13.0. The van der Waals surface area contributed by atoms with E-state index in [-0.39, 0.29) is 78.0 Å². The molecule has 1 aromatic carbocycles. The highest BCUT2D eigenvalue weighted by molar-refractivity contribution is 6.12. The molecule has 4 heterocycles. The number of hydrogen-bond donors (Lipinski definition) is 1. The molecule has 1 aromatic heterocycles. The van der Waals surface area contributed by atoms with E-state index in [1.54, 1.807) is 14.2 Å². The fourth-order valence-electron chi connectivity index (χ4n) is 10.4. The fourth-order valence-corrected chi connectivity index (χ4v) is 10.4. The number of fused-ring (bicyclic) bond motifs is 1. The minimum absolute atomic E-state index is 0.0171. The Morgan fingerprint density at radius 3 is 2.26 bits per heavy atom. The predicted molar refractivity (Wildman–Crippen MR) is 250 cm³/mol. The first kappa shape index (κ1) is 51.6. The molecular weight excluding hydrogens is 827 g/mol. The van der Waals surface area contributed by atoms with Crippen molar-refractivity contribution < 1.29 is 43.1 Å². The molecule has 2 fully saturated rings. The molecule has 0 bridgehead atoms. The van der Waals surface area contributed by atoms with Gasteiger partial charge in [0.2, 0.25) is 17.7 Å². The first-order chi connectivity index (χ1) is 31.2. The van der Waals surface area contributed by atoms with E-state index in [1.165, 1.54) is 22.1 Å². The number of ether oxygens (including phenoxy) is 2. The Hall–Kier alpha value is -4.40. The summed E-state index contributed by atoms with van der Waals surface area (Å²) >= 11 is 0. The van der Waals surface area contributed by atoms with Crippen LogP contribution in [0.1, 0.15) is 124 Å². The zero-order valence-electron chi connectivity index (χ0n) is 40.4. The van der Waals surface area contributed by atoms with Crippen molar-refractivity contribution in [3.63, 3.8) is 0 Å². The number of ketones is 1. The van der Waals surface area contributed by atoms with Gasteiger partial charge in [0, 0.05) is 88.4 Å². The van der Waals surface area contributed by atoms with Gasteiger partial charge in [0.05, 0.1) is 43.2 Å². The van der Waals surface area contributed by atoms with Crippen LogP contribution in [-0.4, -0.2) is 132 Å². The Balaban J connectivity index is 1.21. The highest BCUT2D eigenvalue weighted by Gasteiger charge is 2.43. The van der Waals surface area contributed by atoms with Gasteiger partial charge in [-0.05, 0) is 68.4 Å². The van der Waals surface area contributed by atoms with Gasteiger partial charge in [-0.3, -0.25) is 38.5 Å². The van der Waals surface area contributed by atoms with Crippen molar-refractivity contribution in [1.29, 1.82) is 0 Å². The number of para-hydroxylation sites is 1. The largest absolute Gasteiger partial charge is 0.379 e. The van der Waals surface area contributed by atoms with Crippen molar-refractivity contribution in [1.82, 2.24) is 24.7 Å². The Bertz CT molecular complexity index is 1920. The second kappa shape index (κ2) is 24.9. The summed E-state index contributed by atoms with van der Waals surface area (Å²) < 4.78 is 12.2. The van der Waals surface area contributed by atoms with E-state index in [9.17, 15) is 28.8 Å². The highest BCUT2D eigenvalue weighted by Crippen LogP contribution is 2.33. The number of nitrogens with one attached hydrogen (secondary N) is 1. The summed E-state index contributed by atoms with van der Waals surface area (Å²) in [5, 5.41) is 2.46.